The van der Waals surface area contributed by atoms with Crippen molar-refractivity contribution in [2.24, 2.45) is 4.99 Å². The van der Waals surface area contributed by atoms with E-state index in [1.165, 1.54) is 29.9 Å². The second-order valence-electron chi connectivity index (χ2n) is 10.7. The van der Waals surface area contributed by atoms with Gasteiger partial charge in [-0.2, -0.15) is 5.10 Å². The molecule has 12 heteroatoms. The van der Waals surface area contributed by atoms with Crippen LogP contribution in [0.25, 0.3) is 23.0 Å². The van der Waals surface area contributed by atoms with Crippen LogP contribution in [0.2, 0.25) is 0 Å². The SMILES string of the molecule is CCOC(=O)C1=C(C)N=c2sc(=Cc3cn(-c4ccccc4)nc3-c3ccc(OC)cc3)c(=O)n2C1c1ccc(OC(C)=O)c(OC)c1. The summed E-state index contributed by atoms with van der Waals surface area (Å²) in [5.74, 6) is 0.0798. The predicted octanol–water partition coefficient (Wildman–Crippen LogP) is 4.59. The van der Waals surface area contributed by atoms with E-state index < -0.39 is 18.0 Å². The Morgan fingerprint density at radius 2 is 1.73 bits per heavy atom. The standard InChI is InChI=1S/C36H32N4O7S/c1-6-46-35(43)31-21(2)37-36-40(33(31)24-14-17-28(47-22(3)41)29(18-24)45-5)34(42)30(48-36)19-25-20-39(26-10-8-7-9-11-26)38-32(25)23-12-15-27(44-4)16-13-23/h7-20,33H,6H2,1-5H3. The Kier molecular flexibility index (Phi) is 9.08. The van der Waals surface area contributed by atoms with E-state index in [4.69, 9.17) is 24.0 Å². The molecule has 3 heterocycles. The van der Waals surface area contributed by atoms with E-state index in [0.717, 1.165) is 11.3 Å². The molecular formula is C36H32N4O7S. The second kappa shape index (κ2) is 13.5. The van der Waals surface area contributed by atoms with Crippen LogP contribution in [0.3, 0.4) is 0 Å². The number of carbonyl (C=O) groups is 2. The minimum absolute atomic E-state index is 0.140. The first-order chi connectivity index (χ1) is 23.2. The van der Waals surface area contributed by atoms with Gasteiger partial charge in [-0.05, 0) is 74.0 Å². The van der Waals surface area contributed by atoms with Gasteiger partial charge < -0.3 is 18.9 Å². The number of rotatable bonds is 9. The van der Waals surface area contributed by atoms with Gasteiger partial charge in [0.25, 0.3) is 5.56 Å². The maximum absolute atomic E-state index is 14.4. The molecule has 1 aliphatic rings. The smallest absolute Gasteiger partial charge is 0.338 e. The number of allylic oxidation sites excluding steroid dienone is 1. The summed E-state index contributed by atoms with van der Waals surface area (Å²) in [5, 5.41) is 4.89. The van der Waals surface area contributed by atoms with E-state index in [0.29, 0.717) is 37.6 Å². The van der Waals surface area contributed by atoms with Crippen molar-refractivity contribution >= 4 is 29.4 Å². The number of hydrogen-bond acceptors (Lipinski definition) is 10. The molecule has 3 aromatic carbocycles. The van der Waals surface area contributed by atoms with Gasteiger partial charge in [0, 0.05) is 24.2 Å². The van der Waals surface area contributed by atoms with Crippen molar-refractivity contribution in [1.82, 2.24) is 14.3 Å². The molecular weight excluding hydrogens is 632 g/mol. The van der Waals surface area contributed by atoms with Gasteiger partial charge in [-0.1, -0.05) is 35.6 Å². The number of ether oxygens (including phenoxy) is 4. The summed E-state index contributed by atoms with van der Waals surface area (Å²) in [4.78, 5) is 44.5. The molecule has 0 radical (unpaired) electrons. The summed E-state index contributed by atoms with van der Waals surface area (Å²) in [5.41, 5.74) is 3.89. The number of fused-ring (bicyclic) bond motifs is 1. The molecule has 0 fully saturated rings. The molecule has 0 saturated heterocycles. The van der Waals surface area contributed by atoms with Crippen molar-refractivity contribution in [2.45, 2.75) is 26.8 Å². The van der Waals surface area contributed by atoms with Crippen LogP contribution >= 0.6 is 11.3 Å². The van der Waals surface area contributed by atoms with Crippen LogP contribution in [-0.2, 0) is 14.3 Å². The van der Waals surface area contributed by atoms with Gasteiger partial charge >= 0.3 is 11.9 Å². The first-order valence-electron chi connectivity index (χ1n) is 15.1. The Morgan fingerprint density at radius 1 is 0.979 bits per heavy atom. The molecule has 1 atom stereocenters. The summed E-state index contributed by atoms with van der Waals surface area (Å²) in [7, 11) is 3.05. The number of carbonyl (C=O) groups excluding carboxylic acids is 2. The third-order valence-corrected chi connectivity index (χ3v) is 8.67. The molecule has 1 unspecified atom stereocenters. The quantitative estimate of drug-likeness (QED) is 0.166. The number of esters is 2. The van der Waals surface area contributed by atoms with Crippen LogP contribution in [0.5, 0.6) is 17.2 Å². The summed E-state index contributed by atoms with van der Waals surface area (Å²) in [6.45, 7) is 4.86. The van der Waals surface area contributed by atoms with Crippen molar-refractivity contribution in [2.75, 3.05) is 20.8 Å². The van der Waals surface area contributed by atoms with Gasteiger partial charge in [0.1, 0.15) is 11.4 Å². The van der Waals surface area contributed by atoms with Crippen LogP contribution in [0, 0.1) is 0 Å². The largest absolute Gasteiger partial charge is 0.497 e. The number of benzene rings is 3. The second-order valence-corrected chi connectivity index (χ2v) is 11.8. The first kappa shape index (κ1) is 32.2. The fourth-order valence-electron chi connectivity index (χ4n) is 5.52. The van der Waals surface area contributed by atoms with Gasteiger partial charge in [0.2, 0.25) is 0 Å². The van der Waals surface area contributed by atoms with Crippen molar-refractivity contribution < 1.29 is 28.5 Å². The Bertz CT molecular complexity index is 2230. The van der Waals surface area contributed by atoms with E-state index in [-0.39, 0.29) is 29.2 Å². The number of hydrogen-bond donors (Lipinski definition) is 0. The molecule has 244 valence electrons. The predicted molar refractivity (Wildman–Crippen MR) is 180 cm³/mol. The molecule has 1 aliphatic heterocycles. The van der Waals surface area contributed by atoms with Crippen LogP contribution in [-0.4, -0.2) is 47.1 Å². The lowest BCUT2D eigenvalue weighted by Crippen LogP contribution is -2.40. The summed E-state index contributed by atoms with van der Waals surface area (Å²) < 4.78 is 25.2. The van der Waals surface area contributed by atoms with Crippen molar-refractivity contribution in [3.05, 3.63) is 121 Å². The highest BCUT2D eigenvalue weighted by Crippen LogP contribution is 2.36. The maximum atomic E-state index is 14.4. The highest BCUT2D eigenvalue weighted by atomic mass is 32.1. The monoisotopic (exact) mass is 664 g/mol. The van der Waals surface area contributed by atoms with Crippen molar-refractivity contribution in [3.8, 4) is 34.2 Å². The van der Waals surface area contributed by atoms with Gasteiger partial charge in [-0.25, -0.2) is 14.5 Å². The molecule has 0 N–H and O–H groups in total. The van der Waals surface area contributed by atoms with E-state index >= 15 is 0 Å². The van der Waals surface area contributed by atoms with E-state index in [9.17, 15) is 14.4 Å². The fraction of sp³-hybridized carbons (Fsp3) is 0.194. The van der Waals surface area contributed by atoms with Gasteiger partial charge in [0.05, 0.1) is 48.4 Å². The third kappa shape index (κ3) is 6.17. The minimum atomic E-state index is -0.893. The molecule has 48 heavy (non-hydrogen) atoms. The molecule has 5 aromatic rings. The molecule has 0 aliphatic carbocycles. The molecule has 0 bridgehead atoms. The highest BCUT2D eigenvalue weighted by Gasteiger charge is 2.34. The number of nitrogens with zero attached hydrogens (tertiary/aromatic N) is 4. The lowest BCUT2D eigenvalue weighted by Gasteiger charge is -2.25. The maximum Gasteiger partial charge on any atom is 0.338 e. The average molecular weight is 665 g/mol. The van der Waals surface area contributed by atoms with Crippen molar-refractivity contribution in [3.63, 3.8) is 0 Å². The fourth-order valence-corrected chi connectivity index (χ4v) is 6.56. The van der Waals surface area contributed by atoms with Crippen LogP contribution in [0.4, 0.5) is 0 Å². The lowest BCUT2D eigenvalue weighted by molar-refractivity contribution is -0.139. The van der Waals surface area contributed by atoms with Crippen LogP contribution in [0.15, 0.2) is 100 Å². The Labute approximate surface area is 279 Å². The van der Waals surface area contributed by atoms with Crippen LogP contribution in [0.1, 0.15) is 37.9 Å². The number of para-hydroxylation sites is 1. The van der Waals surface area contributed by atoms with E-state index in [2.05, 4.69) is 4.99 Å². The molecule has 0 spiro atoms. The van der Waals surface area contributed by atoms with Gasteiger partial charge in [-0.15, -0.1) is 0 Å². The molecule has 0 amide bonds. The molecule has 0 saturated carbocycles. The van der Waals surface area contributed by atoms with E-state index in [1.807, 2.05) is 60.8 Å². The van der Waals surface area contributed by atoms with E-state index in [1.54, 1.807) is 49.9 Å². The summed E-state index contributed by atoms with van der Waals surface area (Å²) in [6, 6.07) is 21.2. The summed E-state index contributed by atoms with van der Waals surface area (Å²) in [6.07, 6.45) is 3.67. The zero-order valence-electron chi connectivity index (χ0n) is 26.9. The number of methoxy groups -OCH3 is 2. The molecule has 11 nitrogen and oxygen atoms in total. The van der Waals surface area contributed by atoms with Gasteiger partial charge in [-0.3, -0.25) is 14.2 Å². The zero-order valence-corrected chi connectivity index (χ0v) is 27.7. The Balaban J connectivity index is 1.55. The number of thiazole rings is 1. The van der Waals surface area contributed by atoms with Gasteiger partial charge in [0.15, 0.2) is 16.3 Å². The summed E-state index contributed by atoms with van der Waals surface area (Å²) >= 11 is 1.21. The van der Waals surface area contributed by atoms with Crippen LogP contribution < -0.4 is 29.1 Å². The Morgan fingerprint density at radius 3 is 2.40 bits per heavy atom. The Hall–Kier alpha value is -5.75. The third-order valence-electron chi connectivity index (χ3n) is 7.69. The normalized spacial score (nSPS) is 14.3. The average Bonchev–Trinajstić information content (AvgIpc) is 3.65. The first-order valence-corrected chi connectivity index (χ1v) is 15.9. The molecule has 2 aromatic heterocycles. The highest BCUT2D eigenvalue weighted by molar-refractivity contribution is 7.07. The van der Waals surface area contributed by atoms with Crippen molar-refractivity contribution in [1.29, 1.82) is 0 Å². The topological polar surface area (TPSA) is 123 Å². The zero-order chi connectivity index (χ0) is 33.9. The minimum Gasteiger partial charge on any atom is -0.497 e. The molecule has 6 rings (SSSR count). The lowest BCUT2D eigenvalue weighted by atomic mass is 9.95. The number of aromatic nitrogens is 3.